The second-order valence-electron chi connectivity index (χ2n) is 7.45. The third-order valence-electron chi connectivity index (χ3n) is 3.44. The lowest BCUT2D eigenvalue weighted by Gasteiger charge is -2.26. The van der Waals surface area contributed by atoms with Gasteiger partial charge in [0.15, 0.2) is 0 Å². The zero-order valence-corrected chi connectivity index (χ0v) is 14.3. The Bertz CT molecular complexity index is 392. The molecule has 0 unspecified atom stereocenters. The van der Waals surface area contributed by atoms with Crippen LogP contribution in [0.5, 0.6) is 5.75 Å². The van der Waals surface area contributed by atoms with Crippen LogP contribution < -0.4 is 10.1 Å². The first-order valence-electron chi connectivity index (χ1n) is 7.64. The molecule has 0 aliphatic rings. The van der Waals surface area contributed by atoms with Gasteiger partial charge in [-0.2, -0.15) is 0 Å². The molecule has 0 saturated heterocycles. The van der Waals surface area contributed by atoms with E-state index in [0.717, 1.165) is 18.8 Å². The smallest absolute Gasteiger partial charge is 0.119 e. The van der Waals surface area contributed by atoms with Crippen molar-refractivity contribution in [1.82, 2.24) is 5.32 Å². The van der Waals surface area contributed by atoms with Crippen LogP contribution >= 0.6 is 0 Å². The summed E-state index contributed by atoms with van der Waals surface area (Å²) in [6, 6.07) is 6.68. The predicted molar refractivity (Wildman–Crippen MR) is 87.9 cm³/mol. The minimum atomic E-state index is 0.140. The molecule has 0 aliphatic heterocycles. The summed E-state index contributed by atoms with van der Waals surface area (Å²) < 4.78 is 5.92. The maximum Gasteiger partial charge on any atom is 0.119 e. The van der Waals surface area contributed by atoms with Crippen LogP contribution in [0.25, 0.3) is 0 Å². The third-order valence-corrected chi connectivity index (χ3v) is 3.44. The van der Waals surface area contributed by atoms with Crippen molar-refractivity contribution in [1.29, 1.82) is 0 Å². The highest BCUT2D eigenvalue weighted by Crippen LogP contribution is 2.32. The third kappa shape index (κ3) is 5.16. The standard InChI is InChI=1S/C18H31NO/c1-8-19-9-10-20-16-12-14(17(2,3)4)11-15(13-16)18(5,6)7/h11-13,19H,8-10H2,1-7H3. The van der Waals surface area contributed by atoms with E-state index in [0.29, 0.717) is 6.61 Å². The molecule has 1 N–H and O–H groups in total. The Morgan fingerprint density at radius 1 is 0.900 bits per heavy atom. The van der Waals surface area contributed by atoms with Gasteiger partial charge in [0.05, 0.1) is 0 Å². The lowest BCUT2D eigenvalue weighted by molar-refractivity contribution is 0.313. The van der Waals surface area contributed by atoms with Crippen LogP contribution in [0.4, 0.5) is 0 Å². The Morgan fingerprint density at radius 3 is 1.80 bits per heavy atom. The highest BCUT2D eigenvalue weighted by atomic mass is 16.5. The summed E-state index contributed by atoms with van der Waals surface area (Å²) in [4.78, 5) is 0. The van der Waals surface area contributed by atoms with Gasteiger partial charge in [0.2, 0.25) is 0 Å². The Labute approximate surface area is 124 Å². The number of hydrogen-bond donors (Lipinski definition) is 1. The Kier molecular flexibility index (Phi) is 5.64. The molecule has 2 nitrogen and oxygen atoms in total. The summed E-state index contributed by atoms with van der Waals surface area (Å²) in [6.07, 6.45) is 0. The molecule has 0 aliphatic carbocycles. The lowest BCUT2D eigenvalue weighted by Crippen LogP contribution is -2.21. The van der Waals surface area contributed by atoms with E-state index in [4.69, 9.17) is 4.74 Å². The van der Waals surface area contributed by atoms with Gasteiger partial charge in [0.25, 0.3) is 0 Å². The largest absolute Gasteiger partial charge is 0.492 e. The van der Waals surface area contributed by atoms with Gasteiger partial charge >= 0.3 is 0 Å². The highest BCUT2D eigenvalue weighted by Gasteiger charge is 2.20. The van der Waals surface area contributed by atoms with Gasteiger partial charge in [-0.15, -0.1) is 0 Å². The molecule has 1 aromatic rings. The first-order chi connectivity index (χ1) is 9.14. The van der Waals surface area contributed by atoms with E-state index < -0.39 is 0 Å². The van der Waals surface area contributed by atoms with Crippen LogP contribution in [0.2, 0.25) is 0 Å². The molecule has 0 radical (unpaired) electrons. The number of hydrogen-bond acceptors (Lipinski definition) is 2. The predicted octanol–water partition coefficient (Wildman–Crippen LogP) is 4.27. The first kappa shape index (κ1) is 17.0. The van der Waals surface area contributed by atoms with Crippen molar-refractivity contribution in [2.24, 2.45) is 0 Å². The van der Waals surface area contributed by atoms with Gasteiger partial charge < -0.3 is 10.1 Å². The summed E-state index contributed by atoms with van der Waals surface area (Å²) >= 11 is 0. The minimum absolute atomic E-state index is 0.140. The number of benzene rings is 1. The summed E-state index contributed by atoms with van der Waals surface area (Å²) in [5.41, 5.74) is 2.95. The van der Waals surface area contributed by atoms with E-state index >= 15 is 0 Å². The van der Waals surface area contributed by atoms with E-state index in [-0.39, 0.29) is 10.8 Å². The maximum absolute atomic E-state index is 5.92. The fourth-order valence-corrected chi connectivity index (χ4v) is 1.97. The molecule has 0 heterocycles. The molecule has 0 fully saturated rings. The summed E-state index contributed by atoms with van der Waals surface area (Å²) in [5.74, 6) is 0.986. The monoisotopic (exact) mass is 277 g/mol. The summed E-state index contributed by atoms with van der Waals surface area (Å²) in [5, 5.41) is 3.28. The highest BCUT2D eigenvalue weighted by molar-refractivity contribution is 5.40. The van der Waals surface area contributed by atoms with Gasteiger partial charge in [0, 0.05) is 6.54 Å². The van der Waals surface area contributed by atoms with Gasteiger partial charge in [-0.1, -0.05) is 54.5 Å². The summed E-state index contributed by atoms with van der Waals surface area (Å²) in [7, 11) is 0. The van der Waals surface area contributed by atoms with Crippen molar-refractivity contribution in [2.75, 3.05) is 19.7 Å². The van der Waals surface area contributed by atoms with Crippen molar-refractivity contribution >= 4 is 0 Å². The average Bonchev–Trinajstić information content (AvgIpc) is 2.32. The molecule has 0 atom stereocenters. The van der Waals surface area contributed by atoms with Crippen LogP contribution in [-0.2, 0) is 10.8 Å². The molecular weight excluding hydrogens is 246 g/mol. The van der Waals surface area contributed by atoms with E-state index in [1.165, 1.54) is 11.1 Å². The number of likely N-dealkylation sites (N-methyl/N-ethyl adjacent to an activating group) is 1. The first-order valence-corrected chi connectivity index (χ1v) is 7.64. The SMILES string of the molecule is CCNCCOc1cc(C(C)(C)C)cc(C(C)(C)C)c1. The maximum atomic E-state index is 5.92. The number of nitrogens with one attached hydrogen (secondary N) is 1. The molecule has 20 heavy (non-hydrogen) atoms. The van der Waals surface area contributed by atoms with Crippen molar-refractivity contribution in [3.8, 4) is 5.75 Å². The van der Waals surface area contributed by atoms with Gasteiger partial charge in [-0.3, -0.25) is 0 Å². The van der Waals surface area contributed by atoms with Crippen LogP contribution in [-0.4, -0.2) is 19.7 Å². The molecule has 0 aromatic heterocycles. The molecule has 114 valence electrons. The van der Waals surface area contributed by atoms with Gasteiger partial charge in [-0.25, -0.2) is 0 Å². The fourth-order valence-electron chi connectivity index (χ4n) is 1.97. The lowest BCUT2D eigenvalue weighted by atomic mass is 9.80. The molecule has 1 rings (SSSR count). The second-order valence-corrected chi connectivity index (χ2v) is 7.45. The van der Waals surface area contributed by atoms with Crippen molar-refractivity contribution < 1.29 is 4.74 Å². The van der Waals surface area contributed by atoms with Crippen LogP contribution in [0, 0.1) is 0 Å². The zero-order chi connectivity index (χ0) is 15.4. The Hall–Kier alpha value is -1.02. The zero-order valence-electron chi connectivity index (χ0n) is 14.3. The molecule has 0 saturated carbocycles. The minimum Gasteiger partial charge on any atom is -0.492 e. The van der Waals surface area contributed by atoms with Crippen LogP contribution in [0.1, 0.15) is 59.6 Å². The van der Waals surface area contributed by atoms with Crippen molar-refractivity contribution in [2.45, 2.75) is 59.3 Å². The molecule has 0 bridgehead atoms. The van der Waals surface area contributed by atoms with Gasteiger partial charge in [-0.05, 0) is 40.6 Å². The van der Waals surface area contributed by atoms with Crippen LogP contribution in [0.3, 0.4) is 0 Å². The molecule has 1 aromatic carbocycles. The van der Waals surface area contributed by atoms with Crippen molar-refractivity contribution in [3.63, 3.8) is 0 Å². The molecule has 0 spiro atoms. The van der Waals surface area contributed by atoms with Gasteiger partial charge in [0.1, 0.15) is 12.4 Å². The summed E-state index contributed by atoms with van der Waals surface area (Å²) in [6.45, 7) is 18.2. The Morgan fingerprint density at radius 2 is 1.40 bits per heavy atom. The average molecular weight is 277 g/mol. The van der Waals surface area contributed by atoms with E-state index in [9.17, 15) is 0 Å². The number of rotatable bonds is 5. The van der Waals surface area contributed by atoms with Crippen LogP contribution in [0.15, 0.2) is 18.2 Å². The Balaban J connectivity index is 2.99. The van der Waals surface area contributed by atoms with E-state index in [1.807, 2.05) is 0 Å². The van der Waals surface area contributed by atoms with E-state index in [2.05, 4.69) is 72.0 Å². The quantitative estimate of drug-likeness (QED) is 0.812. The molecule has 2 heteroatoms. The molecular formula is C18H31NO. The topological polar surface area (TPSA) is 21.3 Å². The molecule has 0 amide bonds. The van der Waals surface area contributed by atoms with E-state index in [1.54, 1.807) is 0 Å². The fraction of sp³-hybridized carbons (Fsp3) is 0.667. The number of ether oxygens (including phenoxy) is 1. The normalized spacial score (nSPS) is 12.6. The van der Waals surface area contributed by atoms with Crippen molar-refractivity contribution in [3.05, 3.63) is 29.3 Å². The second kappa shape index (κ2) is 6.62.